The molecular weight excluding hydrogens is 444 g/mol. The maximum Gasteiger partial charge on any atom is 0.326 e. The van der Waals surface area contributed by atoms with Crippen molar-refractivity contribution in [2.45, 2.75) is 63.8 Å². The number of aryl methyl sites for hydroxylation is 1. The highest BCUT2D eigenvalue weighted by Gasteiger charge is 2.31. The summed E-state index contributed by atoms with van der Waals surface area (Å²) in [6.07, 6.45) is 8.88. The van der Waals surface area contributed by atoms with E-state index >= 15 is 0 Å². The predicted octanol–water partition coefficient (Wildman–Crippen LogP) is 3.08. The minimum Gasteiger partial charge on any atom is -0.480 e. The number of carboxylic acids is 1. The molecule has 0 radical (unpaired) electrons. The molecular formula is C27H38N4O4. The van der Waals surface area contributed by atoms with Crippen molar-refractivity contribution in [2.24, 2.45) is 11.8 Å². The van der Waals surface area contributed by atoms with Gasteiger partial charge in [0.2, 0.25) is 11.8 Å². The van der Waals surface area contributed by atoms with Gasteiger partial charge in [-0.1, -0.05) is 18.2 Å². The van der Waals surface area contributed by atoms with E-state index < -0.39 is 12.0 Å². The van der Waals surface area contributed by atoms with Crippen molar-refractivity contribution in [1.82, 2.24) is 20.5 Å². The molecule has 1 aromatic carbocycles. The topological polar surface area (TPSA) is 115 Å². The number of piperidine rings is 2. The number of carbonyl (C=O) groups is 3. The van der Waals surface area contributed by atoms with Crippen LogP contribution in [0.5, 0.6) is 0 Å². The number of carbonyl (C=O) groups excluding carboxylic acids is 2. The number of fused-ring (bicyclic) bond motifs is 1. The van der Waals surface area contributed by atoms with Gasteiger partial charge >= 0.3 is 5.97 Å². The Morgan fingerprint density at radius 3 is 2.74 bits per heavy atom. The number of aromatic amines is 1. The van der Waals surface area contributed by atoms with Crippen LogP contribution in [0.15, 0.2) is 30.5 Å². The number of likely N-dealkylation sites (tertiary alicyclic amines) is 1. The lowest BCUT2D eigenvalue weighted by atomic mass is 9.92. The molecule has 3 heterocycles. The molecule has 2 aromatic rings. The summed E-state index contributed by atoms with van der Waals surface area (Å²) in [5.74, 6) is -0.885. The Morgan fingerprint density at radius 1 is 1.14 bits per heavy atom. The Balaban J connectivity index is 1.24. The van der Waals surface area contributed by atoms with E-state index in [0.717, 1.165) is 61.7 Å². The molecule has 0 saturated carbocycles. The summed E-state index contributed by atoms with van der Waals surface area (Å²) in [7, 11) is 0. The first-order valence-electron chi connectivity index (χ1n) is 13.1. The lowest BCUT2D eigenvalue weighted by Gasteiger charge is -2.33. The molecule has 2 atom stereocenters. The van der Waals surface area contributed by atoms with Crippen molar-refractivity contribution in [3.8, 4) is 0 Å². The van der Waals surface area contributed by atoms with Crippen LogP contribution in [0, 0.1) is 11.8 Å². The van der Waals surface area contributed by atoms with E-state index in [-0.39, 0.29) is 17.7 Å². The van der Waals surface area contributed by atoms with E-state index in [9.17, 15) is 19.5 Å². The van der Waals surface area contributed by atoms with Crippen molar-refractivity contribution >= 4 is 28.7 Å². The van der Waals surface area contributed by atoms with Gasteiger partial charge in [-0.25, -0.2) is 4.79 Å². The molecule has 8 heteroatoms. The van der Waals surface area contributed by atoms with Crippen molar-refractivity contribution < 1.29 is 19.5 Å². The van der Waals surface area contributed by atoms with Gasteiger partial charge in [0.25, 0.3) is 0 Å². The van der Waals surface area contributed by atoms with Gasteiger partial charge in [0.15, 0.2) is 0 Å². The van der Waals surface area contributed by atoms with Crippen LogP contribution in [-0.4, -0.2) is 65.0 Å². The van der Waals surface area contributed by atoms with E-state index in [1.807, 2.05) is 29.3 Å². The molecule has 35 heavy (non-hydrogen) atoms. The third-order valence-corrected chi connectivity index (χ3v) is 7.60. The second-order valence-corrected chi connectivity index (χ2v) is 10.1. The summed E-state index contributed by atoms with van der Waals surface area (Å²) < 4.78 is 0. The number of rotatable bonds is 10. The summed E-state index contributed by atoms with van der Waals surface area (Å²) in [6, 6.07) is 7.13. The van der Waals surface area contributed by atoms with Crippen LogP contribution >= 0.6 is 0 Å². The standard InChI is InChI=1S/C27H38N4O4/c32-25(11-10-19-12-14-28-15-13-19)31-16-4-6-21(18-31)26(33)30-24(27(34)35)9-3-5-20-17-29-23-8-2-1-7-22(20)23/h1-2,7-8,17,19,21,24,28-29H,3-6,9-16,18H2,(H,30,33)(H,34,35)/t21-,24+/m1/s1. The molecule has 8 nitrogen and oxygen atoms in total. The first-order chi connectivity index (χ1) is 17.0. The van der Waals surface area contributed by atoms with Crippen LogP contribution in [0.25, 0.3) is 10.9 Å². The van der Waals surface area contributed by atoms with Gasteiger partial charge in [-0.15, -0.1) is 0 Å². The fourth-order valence-electron chi connectivity index (χ4n) is 5.46. The average molecular weight is 483 g/mol. The number of aliphatic carboxylic acids is 1. The second kappa shape index (κ2) is 12.2. The van der Waals surface area contributed by atoms with E-state index in [2.05, 4.69) is 21.7 Å². The van der Waals surface area contributed by atoms with Crippen molar-refractivity contribution in [3.05, 3.63) is 36.0 Å². The summed E-state index contributed by atoms with van der Waals surface area (Å²) >= 11 is 0. The molecule has 4 rings (SSSR count). The Labute approximate surface area is 206 Å². The molecule has 2 saturated heterocycles. The van der Waals surface area contributed by atoms with Crippen LogP contribution < -0.4 is 10.6 Å². The molecule has 190 valence electrons. The first kappa shape index (κ1) is 25.2. The minimum atomic E-state index is -1.01. The average Bonchev–Trinajstić information content (AvgIpc) is 3.30. The number of nitrogens with one attached hydrogen (secondary N) is 3. The maximum atomic E-state index is 12.9. The number of hydrogen-bond acceptors (Lipinski definition) is 4. The largest absolute Gasteiger partial charge is 0.480 e. The second-order valence-electron chi connectivity index (χ2n) is 10.1. The number of amides is 2. The molecule has 0 aliphatic carbocycles. The summed E-state index contributed by atoms with van der Waals surface area (Å²) in [5, 5.41) is 16.9. The van der Waals surface area contributed by atoms with Gasteiger partial charge in [-0.3, -0.25) is 9.59 Å². The molecule has 4 N–H and O–H groups in total. The van der Waals surface area contributed by atoms with Gasteiger partial charge < -0.3 is 25.6 Å². The van der Waals surface area contributed by atoms with Crippen LogP contribution in [0.2, 0.25) is 0 Å². The molecule has 2 aliphatic heterocycles. The van der Waals surface area contributed by atoms with Gasteiger partial charge in [0.1, 0.15) is 6.04 Å². The van der Waals surface area contributed by atoms with Crippen LogP contribution in [-0.2, 0) is 20.8 Å². The molecule has 2 amide bonds. The molecule has 2 aliphatic rings. The van der Waals surface area contributed by atoms with Crippen molar-refractivity contribution in [1.29, 1.82) is 0 Å². The summed E-state index contributed by atoms with van der Waals surface area (Å²) in [5.41, 5.74) is 2.22. The maximum absolute atomic E-state index is 12.9. The molecule has 0 bridgehead atoms. The zero-order valence-corrected chi connectivity index (χ0v) is 20.4. The van der Waals surface area contributed by atoms with Crippen LogP contribution in [0.4, 0.5) is 0 Å². The Bertz CT molecular complexity index is 1010. The normalized spacial score (nSPS) is 20.0. The predicted molar refractivity (Wildman–Crippen MR) is 135 cm³/mol. The lowest BCUT2D eigenvalue weighted by molar-refractivity contribution is -0.144. The van der Waals surface area contributed by atoms with Crippen LogP contribution in [0.3, 0.4) is 0 Å². The number of aromatic nitrogens is 1. The molecule has 1 aromatic heterocycles. The zero-order chi connectivity index (χ0) is 24.6. The van der Waals surface area contributed by atoms with Gasteiger partial charge in [0, 0.05) is 36.6 Å². The Kier molecular flexibility index (Phi) is 8.79. The highest BCUT2D eigenvalue weighted by atomic mass is 16.4. The monoisotopic (exact) mass is 482 g/mol. The number of nitrogens with zero attached hydrogens (tertiary/aromatic N) is 1. The lowest BCUT2D eigenvalue weighted by Crippen LogP contribution is -2.49. The molecule has 2 fully saturated rings. The third kappa shape index (κ3) is 6.84. The first-order valence-corrected chi connectivity index (χ1v) is 13.1. The number of benzene rings is 1. The van der Waals surface area contributed by atoms with Gasteiger partial charge in [-0.05, 0) is 82.0 Å². The number of H-pyrrole nitrogens is 1. The van der Waals surface area contributed by atoms with E-state index in [4.69, 9.17) is 0 Å². The number of hydrogen-bond donors (Lipinski definition) is 4. The van der Waals surface area contributed by atoms with Gasteiger partial charge in [-0.2, -0.15) is 0 Å². The number of para-hydroxylation sites is 1. The molecule has 0 spiro atoms. The Morgan fingerprint density at radius 2 is 1.94 bits per heavy atom. The third-order valence-electron chi connectivity index (χ3n) is 7.60. The Hall–Kier alpha value is -2.87. The highest BCUT2D eigenvalue weighted by Crippen LogP contribution is 2.23. The summed E-state index contributed by atoms with van der Waals surface area (Å²) in [6.45, 7) is 3.12. The van der Waals surface area contributed by atoms with Crippen molar-refractivity contribution in [3.63, 3.8) is 0 Å². The fourth-order valence-corrected chi connectivity index (χ4v) is 5.46. The van der Waals surface area contributed by atoms with Crippen LogP contribution in [0.1, 0.15) is 56.9 Å². The van der Waals surface area contributed by atoms with E-state index in [1.165, 1.54) is 0 Å². The number of carboxylic acid groups (broad SMARTS) is 1. The molecule has 0 unspecified atom stereocenters. The fraction of sp³-hybridized carbons (Fsp3) is 0.593. The highest BCUT2D eigenvalue weighted by molar-refractivity contribution is 5.86. The van der Waals surface area contributed by atoms with E-state index in [0.29, 0.717) is 44.7 Å². The summed E-state index contributed by atoms with van der Waals surface area (Å²) in [4.78, 5) is 42.6. The SMILES string of the molecule is O=C(N[C@@H](CCCc1c[nH]c2ccccc12)C(=O)O)[C@@H]1CCCN(C(=O)CCC2CCNCC2)C1. The zero-order valence-electron chi connectivity index (χ0n) is 20.4. The van der Waals surface area contributed by atoms with E-state index in [1.54, 1.807) is 0 Å². The quantitative estimate of drug-likeness (QED) is 0.416. The van der Waals surface area contributed by atoms with Crippen molar-refractivity contribution in [2.75, 3.05) is 26.2 Å². The minimum absolute atomic E-state index is 0.120. The van der Waals surface area contributed by atoms with Gasteiger partial charge in [0.05, 0.1) is 5.92 Å². The smallest absolute Gasteiger partial charge is 0.326 e.